The highest BCUT2D eigenvalue weighted by molar-refractivity contribution is 5.16. The number of likely N-dealkylation sites (N-methyl/N-ethyl adjacent to an activating group) is 1. The Morgan fingerprint density at radius 2 is 1.46 bits per heavy atom. The molecular weight excluding hydrogens is 275 g/mol. The van der Waals surface area contributed by atoms with Crippen molar-refractivity contribution in [3.8, 4) is 0 Å². The van der Waals surface area contributed by atoms with E-state index in [-0.39, 0.29) is 24.0 Å². The molecule has 2 nitrogen and oxygen atoms in total. The minimum absolute atomic E-state index is 0. The third-order valence-electron chi connectivity index (χ3n) is 6.05. The summed E-state index contributed by atoms with van der Waals surface area (Å²) in [5.74, 6) is 0. The Labute approximate surface area is 97.9 Å². The molecular formula is C10H20IN2+. The van der Waals surface area contributed by atoms with Crippen molar-refractivity contribution in [3.63, 3.8) is 0 Å². The second-order valence-electron chi connectivity index (χ2n) is 6.22. The molecule has 4 rings (SSSR count). The van der Waals surface area contributed by atoms with Crippen molar-refractivity contribution in [2.75, 3.05) is 7.05 Å². The summed E-state index contributed by atoms with van der Waals surface area (Å²) in [6, 6.07) is 0. The number of nitrogens with zero attached hydrogens (tertiary/aromatic N) is 1. The number of nitrogens with one attached hydrogen (secondary N) is 1. The Bertz CT molecular complexity index is 293. The molecule has 0 aliphatic carbocycles. The van der Waals surface area contributed by atoms with Crippen molar-refractivity contribution in [1.82, 2.24) is 0 Å². The average Bonchev–Trinajstić information content (AvgIpc) is 2.65. The molecule has 0 spiro atoms. The third-order valence-corrected chi connectivity index (χ3v) is 6.05. The highest BCUT2D eigenvalue weighted by atomic mass is 127. The second kappa shape index (κ2) is 1.83. The normalized spacial score (nSPS) is 62.3. The minimum Gasteiger partial charge on any atom is -1.00 e. The van der Waals surface area contributed by atoms with Gasteiger partial charge >= 0.3 is 11.8 Å². The predicted molar refractivity (Wildman–Crippen MR) is 47.5 cm³/mol. The lowest BCUT2D eigenvalue weighted by atomic mass is 9.84. The van der Waals surface area contributed by atoms with Crippen LogP contribution in [0.3, 0.4) is 0 Å². The van der Waals surface area contributed by atoms with Crippen molar-refractivity contribution in [2.24, 2.45) is 0 Å². The van der Waals surface area contributed by atoms with Gasteiger partial charge < -0.3 is 24.0 Å². The first-order valence-electron chi connectivity index (χ1n) is 4.98. The zero-order chi connectivity index (χ0) is 9.15. The van der Waals surface area contributed by atoms with Crippen LogP contribution >= 0.6 is 0 Å². The molecule has 0 radical (unpaired) electrons. The van der Waals surface area contributed by atoms with Crippen LogP contribution in [-0.4, -0.2) is 34.4 Å². The highest BCUT2D eigenvalue weighted by Gasteiger charge is 3.15. The number of hydrogen-bond acceptors (Lipinski definition) is 0. The van der Waals surface area contributed by atoms with Crippen molar-refractivity contribution >= 4 is 0 Å². The maximum atomic E-state index is 2.45. The predicted octanol–water partition coefficient (Wildman–Crippen LogP) is -3.04. The van der Waals surface area contributed by atoms with Crippen molar-refractivity contribution < 1.29 is 33.4 Å². The molecule has 0 amide bonds. The molecule has 4 atom stereocenters. The summed E-state index contributed by atoms with van der Waals surface area (Å²) in [4.78, 5) is 1.85. The van der Waals surface area contributed by atoms with Gasteiger partial charge in [0.05, 0.1) is 14.0 Å². The van der Waals surface area contributed by atoms with Crippen LogP contribution in [0.15, 0.2) is 0 Å². The van der Waals surface area contributed by atoms with Gasteiger partial charge in [-0.2, -0.15) is 4.48 Å². The molecule has 4 heterocycles. The summed E-state index contributed by atoms with van der Waals surface area (Å²) in [6.45, 7) is 12.2. The molecule has 0 saturated carbocycles. The van der Waals surface area contributed by atoms with Crippen LogP contribution in [-0.2, 0) is 0 Å². The molecule has 4 saturated heterocycles. The highest BCUT2D eigenvalue weighted by Crippen LogP contribution is 2.67. The SMILES string of the molecule is CC1(C)[NH+]2[C@@H]3[C@@]2(C)[N+]3(C)C1(C)C.[I-]. The zero-order valence-corrected chi connectivity index (χ0v) is 11.6. The Balaban J connectivity index is 0.000000653. The summed E-state index contributed by atoms with van der Waals surface area (Å²) in [5, 5.41) is 0. The fraction of sp³-hybridized carbons (Fsp3) is 1.00. The first-order valence-corrected chi connectivity index (χ1v) is 4.98. The van der Waals surface area contributed by atoms with Gasteiger partial charge in [-0.1, -0.05) is 0 Å². The lowest BCUT2D eigenvalue weighted by molar-refractivity contribution is -1.09. The molecule has 2 unspecified atom stereocenters. The number of quaternary nitrogens is 2. The Morgan fingerprint density at radius 1 is 1.08 bits per heavy atom. The quantitative estimate of drug-likeness (QED) is 0.275. The maximum Gasteiger partial charge on any atom is 0.339 e. The summed E-state index contributed by atoms with van der Waals surface area (Å²) >= 11 is 0. The van der Waals surface area contributed by atoms with Gasteiger partial charge in [0.2, 0.25) is 0 Å². The zero-order valence-electron chi connectivity index (χ0n) is 9.40. The van der Waals surface area contributed by atoms with Gasteiger partial charge in [-0.15, -0.1) is 0 Å². The average molecular weight is 295 g/mol. The van der Waals surface area contributed by atoms with E-state index < -0.39 is 0 Å². The van der Waals surface area contributed by atoms with E-state index in [0.717, 1.165) is 6.17 Å². The van der Waals surface area contributed by atoms with Crippen molar-refractivity contribution in [3.05, 3.63) is 0 Å². The minimum atomic E-state index is 0. The van der Waals surface area contributed by atoms with Gasteiger partial charge in [0.15, 0.2) is 11.1 Å². The van der Waals surface area contributed by atoms with E-state index in [2.05, 4.69) is 41.7 Å². The number of halogens is 1. The third kappa shape index (κ3) is 0.538. The van der Waals surface area contributed by atoms with Crippen LogP contribution in [0.1, 0.15) is 34.6 Å². The molecule has 2 bridgehead atoms. The smallest absolute Gasteiger partial charge is 0.339 e. The van der Waals surface area contributed by atoms with Gasteiger partial charge in [0.1, 0.15) is 0 Å². The van der Waals surface area contributed by atoms with Crippen LogP contribution in [0, 0.1) is 0 Å². The van der Waals surface area contributed by atoms with Gasteiger partial charge in [-0.05, 0) is 27.7 Å². The number of hydrogen-bond donors (Lipinski definition) is 1. The summed E-state index contributed by atoms with van der Waals surface area (Å²) in [5.41, 5.74) is 1.54. The van der Waals surface area contributed by atoms with Crippen molar-refractivity contribution in [1.29, 1.82) is 0 Å². The topological polar surface area (TPSA) is 4.44 Å². The first kappa shape index (κ1) is 10.2. The first-order chi connectivity index (χ1) is 5.24. The molecule has 4 aliphatic rings. The molecule has 0 aromatic heterocycles. The molecule has 76 valence electrons. The number of rotatable bonds is 0. The number of fused-ring (bicyclic) bond motifs is 1. The van der Waals surface area contributed by atoms with Crippen LogP contribution < -0.4 is 28.9 Å². The largest absolute Gasteiger partial charge is 1.00 e. The van der Waals surface area contributed by atoms with Gasteiger partial charge in [-0.3, -0.25) is 0 Å². The lowest BCUT2D eigenvalue weighted by Crippen LogP contribution is -3.10. The van der Waals surface area contributed by atoms with E-state index in [1.54, 1.807) is 0 Å². The van der Waals surface area contributed by atoms with E-state index in [0.29, 0.717) is 16.7 Å². The standard InChI is InChI=1S/C10H19N2.HI/c1-8(2)9(3,4)12(6)7-10(12,5)11(7)8;/h7H,1-6H3;1H/q+1;/t7-,10+,11?,12?;/m0./s1. The van der Waals surface area contributed by atoms with Crippen molar-refractivity contribution in [2.45, 2.75) is 57.5 Å². The number of piperazine rings is 1. The molecule has 0 aromatic rings. The second-order valence-corrected chi connectivity index (χ2v) is 6.22. The van der Waals surface area contributed by atoms with Crippen LogP contribution in [0.4, 0.5) is 0 Å². The monoisotopic (exact) mass is 295 g/mol. The Hall–Kier alpha value is 0.650. The lowest BCUT2D eigenvalue weighted by Gasteiger charge is -2.29. The molecule has 1 N–H and O–H groups in total. The van der Waals surface area contributed by atoms with E-state index in [1.165, 1.54) is 4.48 Å². The fourth-order valence-corrected chi connectivity index (χ4v) is 4.34. The summed E-state index contributed by atoms with van der Waals surface area (Å²) in [7, 11) is 2.43. The summed E-state index contributed by atoms with van der Waals surface area (Å²) in [6.07, 6.45) is 0.933. The van der Waals surface area contributed by atoms with E-state index in [9.17, 15) is 0 Å². The Kier molecular flexibility index (Phi) is 1.43. The maximum absolute atomic E-state index is 2.45. The van der Waals surface area contributed by atoms with Gasteiger partial charge in [-0.25, -0.2) is 4.90 Å². The molecule has 3 heteroatoms. The Morgan fingerprint density at radius 3 is 1.54 bits per heavy atom. The van der Waals surface area contributed by atoms with Crippen LogP contribution in [0.25, 0.3) is 0 Å². The fourth-order valence-electron chi connectivity index (χ4n) is 4.34. The van der Waals surface area contributed by atoms with E-state index >= 15 is 0 Å². The van der Waals surface area contributed by atoms with Gasteiger partial charge in [0, 0.05) is 0 Å². The molecule has 4 aliphatic heterocycles. The molecule has 4 fully saturated rings. The van der Waals surface area contributed by atoms with E-state index in [1.807, 2.05) is 4.90 Å². The van der Waals surface area contributed by atoms with Crippen LogP contribution in [0.5, 0.6) is 0 Å². The van der Waals surface area contributed by atoms with E-state index in [4.69, 9.17) is 0 Å². The van der Waals surface area contributed by atoms with Crippen LogP contribution in [0.2, 0.25) is 0 Å². The summed E-state index contributed by atoms with van der Waals surface area (Å²) < 4.78 is 1.32. The van der Waals surface area contributed by atoms with Gasteiger partial charge in [0.25, 0.3) is 0 Å². The molecule has 0 aromatic carbocycles. The molecule has 13 heavy (non-hydrogen) atoms.